The largest absolute Gasteiger partial charge is 0.391 e. The van der Waals surface area contributed by atoms with E-state index >= 15 is 0 Å². The van der Waals surface area contributed by atoms with E-state index < -0.39 is 23.6 Å². The lowest BCUT2D eigenvalue weighted by atomic mass is 9.85. The van der Waals surface area contributed by atoms with Crippen LogP contribution in [0.3, 0.4) is 0 Å². The average Bonchev–Trinajstić information content (AvgIpc) is 4.00. The first-order valence-electron chi connectivity index (χ1n) is 27.2. The van der Waals surface area contributed by atoms with Gasteiger partial charge in [-0.2, -0.15) is 0 Å². The molecule has 0 radical (unpaired) electrons. The van der Waals surface area contributed by atoms with Gasteiger partial charge in [-0.3, -0.25) is 24.1 Å². The molecule has 0 saturated carbocycles. The second kappa shape index (κ2) is 27.1. The third kappa shape index (κ3) is 16.6. The molecule has 4 atom stereocenters. The summed E-state index contributed by atoms with van der Waals surface area (Å²) in [4.78, 5) is 77.9. The van der Waals surface area contributed by atoms with Gasteiger partial charge < -0.3 is 47.2 Å². The van der Waals surface area contributed by atoms with E-state index in [9.17, 15) is 24.3 Å². The Morgan fingerprint density at radius 1 is 0.895 bits per heavy atom. The third-order valence-electron chi connectivity index (χ3n) is 14.9. The van der Waals surface area contributed by atoms with E-state index in [1.54, 1.807) is 23.6 Å². The van der Waals surface area contributed by atoms with E-state index in [1.165, 1.54) is 29.5 Å². The summed E-state index contributed by atoms with van der Waals surface area (Å²) in [5.74, 6) is 0.0961. The Morgan fingerprint density at radius 2 is 1.55 bits per heavy atom. The fourth-order valence-corrected chi connectivity index (χ4v) is 12.1. The number of carbonyl (C=O) groups excluding carboxylic acids is 4. The highest BCUT2D eigenvalue weighted by molar-refractivity contribution is 7.99. The highest BCUT2D eigenvalue weighted by Crippen LogP contribution is 2.39. The molecule has 0 aliphatic carbocycles. The van der Waals surface area contributed by atoms with Crippen LogP contribution in [0.25, 0.3) is 10.4 Å². The highest BCUT2D eigenvalue weighted by atomic mass is 35.5. The van der Waals surface area contributed by atoms with Crippen LogP contribution < -0.4 is 32.3 Å². The van der Waals surface area contributed by atoms with E-state index in [4.69, 9.17) is 23.1 Å². The summed E-state index contributed by atoms with van der Waals surface area (Å²) in [6.07, 6.45) is 11.6. The zero-order chi connectivity index (χ0) is 54.6. The Bertz CT molecular complexity index is 2580. The van der Waals surface area contributed by atoms with Crippen molar-refractivity contribution in [1.82, 2.24) is 40.3 Å². The van der Waals surface area contributed by atoms with Crippen LogP contribution in [0.15, 0.2) is 64.1 Å². The Hall–Kier alpha value is -4.89. The number of aliphatic hydroxyl groups is 1. The number of hydrogen-bond acceptors (Lipinski definition) is 15. The molecule has 4 unspecified atom stereocenters. The molecule has 0 spiro atoms. The molecule has 4 amide bonds. The van der Waals surface area contributed by atoms with Crippen LogP contribution in [0.1, 0.15) is 129 Å². The molecule has 17 nitrogen and oxygen atoms in total. The van der Waals surface area contributed by atoms with Crippen molar-refractivity contribution in [3.8, 4) is 10.4 Å². The second-order valence-electron chi connectivity index (χ2n) is 22.4. The number of piperidine rings is 1. The predicted molar refractivity (Wildman–Crippen MR) is 305 cm³/mol. The van der Waals surface area contributed by atoms with Gasteiger partial charge in [-0.25, -0.2) is 15.0 Å². The number of nitrogens with two attached hydrogens (primary N) is 2. The minimum Gasteiger partial charge on any atom is -0.391 e. The van der Waals surface area contributed by atoms with Crippen molar-refractivity contribution in [1.29, 1.82) is 0 Å². The number of halogens is 1. The number of hydrogen-bond donors (Lipinski definition) is 6. The fraction of sp³-hybridized carbons (Fsp3) is 0.589. The maximum absolute atomic E-state index is 14.1. The number of benzene rings is 2. The van der Waals surface area contributed by atoms with E-state index in [1.807, 2.05) is 76.5 Å². The molecule has 3 fully saturated rings. The molecule has 4 aromatic rings. The number of nitrogens with zero attached hydrogens (tertiary/aromatic N) is 7. The van der Waals surface area contributed by atoms with Gasteiger partial charge in [0.05, 0.1) is 51.7 Å². The average molecular weight is 1100 g/mol. The van der Waals surface area contributed by atoms with Gasteiger partial charge >= 0.3 is 0 Å². The lowest BCUT2D eigenvalue weighted by Crippen LogP contribution is -2.57. The molecule has 20 heteroatoms. The smallest absolute Gasteiger partial charge is 0.246 e. The molecule has 5 heterocycles. The van der Waals surface area contributed by atoms with Crippen LogP contribution in [0.5, 0.6) is 0 Å². The van der Waals surface area contributed by atoms with E-state index in [0.717, 1.165) is 130 Å². The molecule has 414 valence electrons. The maximum Gasteiger partial charge on any atom is 0.246 e. The fourth-order valence-electron chi connectivity index (χ4n) is 10.1. The summed E-state index contributed by atoms with van der Waals surface area (Å²) in [5, 5.41) is 20.7. The molecule has 3 saturated heterocycles. The first-order chi connectivity index (χ1) is 36.2. The number of likely N-dealkylation sites (tertiary alicyclic amines) is 1. The topological polar surface area (TPSA) is 228 Å². The van der Waals surface area contributed by atoms with Gasteiger partial charge in [-0.15, -0.1) is 11.3 Å². The quantitative estimate of drug-likeness (QED) is 0.0387. The van der Waals surface area contributed by atoms with E-state index in [-0.39, 0.29) is 48.2 Å². The second-order valence-corrected chi connectivity index (χ2v) is 24.7. The van der Waals surface area contributed by atoms with Gasteiger partial charge in [-0.1, -0.05) is 113 Å². The van der Waals surface area contributed by atoms with Crippen LogP contribution in [-0.4, -0.2) is 141 Å². The Kier molecular flexibility index (Phi) is 21.0. The molecular formula is C56H81ClN12O5S2. The zero-order valence-electron chi connectivity index (χ0n) is 45.4. The number of anilines is 3. The van der Waals surface area contributed by atoms with Gasteiger partial charge in [-0.05, 0) is 81.7 Å². The predicted octanol–water partition coefficient (Wildman–Crippen LogP) is 8.05. The maximum atomic E-state index is 14.1. The standard InChI is InChI=1S/C56H81ClN12O5S2/c1-37(39-19-21-40(22-20-39)49-38(2)61-36-75-49)62-52(73)43-32-41(70)34-69(43)54(74)50(55(3,4)5)65-46(71)18-13-11-9-7-8-10-12-14-25-66-28-30-67(31-29-66)35-47(72)63-42-16-15-17-44(48(42)57)76-53-51(58)64-45(33-60-53)68-26-23-56(6,59)24-27-68/h15-17,19-22,33,36-37,41,43,50,70H,7-14,18,23-32,34-35,59H2,1-6H3,(H2,58,64)(H,62,73)(H,63,72)(H,65,71). The van der Waals surface area contributed by atoms with E-state index in [2.05, 4.69) is 52.5 Å². The molecule has 0 bridgehead atoms. The van der Waals surface area contributed by atoms with Crippen molar-refractivity contribution in [3.05, 3.63) is 70.5 Å². The van der Waals surface area contributed by atoms with Crippen molar-refractivity contribution >= 4 is 75.7 Å². The molecule has 7 rings (SSSR count). The van der Waals surface area contributed by atoms with Crippen LogP contribution in [0, 0.1) is 12.3 Å². The van der Waals surface area contributed by atoms with Crippen LogP contribution in [-0.2, 0) is 19.2 Å². The minimum atomic E-state index is -0.848. The summed E-state index contributed by atoms with van der Waals surface area (Å²) in [7, 11) is 0. The SMILES string of the molecule is Cc1ncsc1-c1ccc(C(C)NC(=O)C2CC(O)CN2C(=O)C(NC(=O)CCCCCCCCCCN2CCN(CC(=O)Nc3cccc(Sc4ncc(N5CCC(C)(N)CC5)nc4N)c3Cl)CC2)C(C)(C)C)cc1. The van der Waals surface area contributed by atoms with Crippen LogP contribution >= 0.6 is 34.7 Å². The number of nitrogen functional groups attached to an aromatic ring is 1. The number of amides is 4. The number of carbonyl (C=O) groups is 4. The van der Waals surface area contributed by atoms with Gasteiger partial charge in [0.1, 0.15) is 22.9 Å². The monoisotopic (exact) mass is 1100 g/mol. The van der Waals surface area contributed by atoms with Crippen molar-refractivity contribution in [2.45, 2.75) is 158 Å². The normalized spacial score (nSPS) is 19.1. The summed E-state index contributed by atoms with van der Waals surface area (Å²) < 4.78 is 0. The van der Waals surface area contributed by atoms with Crippen molar-refractivity contribution in [2.75, 3.05) is 74.9 Å². The number of aliphatic hydroxyl groups excluding tert-OH is 1. The number of β-amino-alcohol motifs (C(OH)–C–C–N with tert-alkyl or cyclic N) is 1. The molecular weight excluding hydrogens is 1020 g/mol. The first kappa shape index (κ1) is 58.8. The van der Waals surface area contributed by atoms with E-state index in [0.29, 0.717) is 34.5 Å². The summed E-state index contributed by atoms with van der Waals surface area (Å²) >= 11 is 9.72. The van der Waals surface area contributed by atoms with Gasteiger partial charge in [0.25, 0.3) is 0 Å². The van der Waals surface area contributed by atoms with Gasteiger partial charge in [0.2, 0.25) is 23.6 Å². The lowest BCUT2D eigenvalue weighted by Gasteiger charge is -2.37. The zero-order valence-corrected chi connectivity index (χ0v) is 47.8. The number of aryl methyl sites for hydroxylation is 1. The Balaban J connectivity index is 0.733. The third-order valence-corrected chi connectivity index (χ3v) is 17.5. The lowest BCUT2D eigenvalue weighted by molar-refractivity contribution is -0.144. The Morgan fingerprint density at radius 3 is 2.20 bits per heavy atom. The van der Waals surface area contributed by atoms with Crippen LogP contribution in [0.2, 0.25) is 5.02 Å². The highest BCUT2D eigenvalue weighted by Gasteiger charge is 2.45. The summed E-state index contributed by atoms with van der Waals surface area (Å²) in [6.45, 7) is 18.2. The Labute approximate surface area is 463 Å². The molecule has 3 aliphatic rings. The van der Waals surface area contributed by atoms with Crippen molar-refractivity contribution in [2.24, 2.45) is 11.1 Å². The number of unbranched alkanes of at least 4 members (excludes halogenated alkanes) is 7. The van der Waals surface area contributed by atoms with Crippen molar-refractivity contribution in [3.63, 3.8) is 0 Å². The molecule has 2 aromatic heterocycles. The summed E-state index contributed by atoms with van der Waals surface area (Å²) in [6, 6.07) is 11.5. The van der Waals surface area contributed by atoms with Crippen LogP contribution in [0.4, 0.5) is 17.3 Å². The van der Waals surface area contributed by atoms with Gasteiger partial charge in [0.15, 0.2) is 5.82 Å². The number of aromatic nitrogens is 3. The number of thiazole rings is 1. The number of nitrogens with one attached hydrogen (secondary N) is 3. The first-order valence-corrected chi connectivity index (χ1v) is 29.3. The molecule has 8 N–H and O–H groups in total. The molecule has 3 aliphatic heterocycles. The molecule has 2 aromatic carbocycles. The number of rotatable bonds is 23. The minimum absolute atomic E-state index is 0.0332. The van der Waals surface area contributed by atoms with Gasteiger partial charge in [0, 0.05) is 69.1 Å². The van der Waals surface area contributed by atoms with Crippen molar-refractivity contribution < 1.29 is 24.3 Å². The molecule has 76 heavy (non-hydrogen) atoms. The summed E-state index contributed by atoms with van der Waals surface area (Å²) in [5.41, 5.74) is 17.2. The number of piperazine rings is 1.